The second kappa shape index (κ2) is 8.08. The molecule has 2 aromatic heterocycles. The van der Waals surface area contributed by atoms with Crippen LogP contribution in [0.3, 0.4) is 0 Å². The van der Waals surface area contributed by atoms with Crippen molar-refractivity contribution in [3.8, 4) is 11.4 Å². The van der Waals surface area contributed by atoms with Gasteiger partial charge >= 0.3 is 0 Å². The smallest absolute Gasteiger partial charge is 0.277 e. The third-order valence-electron chi connectivity index (χ3n) is 5.16. The van der Waals surface area contributed by atoms with E-state index in [-0.39, 0.29) is 11.9 Å². The summed E-state index contributed by atoms with van der Waals surface area (Å²) in [5.41, 5.74) is 1.82. The minimum Gasteiger partial charge on any atom is -0.497 e. The number of benzene rings is 1. The molecule has 1 aromatic carbocycles. The van der Waals surface area contributed by atoms with Crippen LogP contribution in [0.15, 0.2) is 40.8 Å². The number of morpholine rings is 1. The summed E-state index contributed by atoms with van der Waals surface area (Å²) in [6, 6.07) is 11.0. The highest BCUT2D eigenvalue weighted by Crippen LogP contribution is 2.28. The number of aromatic nitrogens is 3. The van der Waals surface area contributed by atoms with Gasteiger partial charge in [0.1, 0.15) is 23.3 Å². The van der Waals surface area contributed by atoms with Crippen LogP contribution in [0.2, 0.25) is 0 Å². The maximum atomic E-state index is 13.3. The van der Waals surface area contributed by atoms with Gasteiger partial charge in [-0.25, -0.2) is 4.68 Å². The quantitative estimate of drug-likeness (QED) is 0.659. The molecule has 0 bridgehead atoms. The SMILES string of the molecule is CCc1ccc([C@@H]2COCCN2C(=O)c2nnn(-c3ccc(OC)cc3)c2C)o1. The first-order chi connectivity index (χ1) is 14.1. The molecule has 0 spiro atoms. The third-order valence-corrected chi connectivity index (χ3v) is 5.16. The van der Waals surface area contributed by atoms with Crippen LogP contribution in [-0.2, 0) is 11.2 Å². The minimum atomic E-state index is -0.276. The molecule has 0 aliphatic carbocycles. The lowest BCUT2D eigenvalue weighted by molar-refractivity contribution is -0.00935. The summed E-state index contributed by atoms with van der Waals surface area (Å²) in [5, 5.41) is 8.37. The normalized spacial score (nSPS) is 16.8. The summed E-state index contributed by atoms with van der Waals surface area (Å²) in [6.45, 7) is 5.22. The van der Waals surface area contributed by atoms with Gasteiger partial charge in [0.2, 0.25) is 0 Å². The van der Waals surface area contributed by atoms with E-state index >= 15 is 0 Å². The van der Waals surface area contributed by atoms with Crippen LogP contribution in [-0.4, -0.2) is 52.7 Å². The topological polar surface area (TPSA) is 82.6 Å². The Morgan fingerprint density at radius 3 is 2.72 bits per heavy atom. The molecule has 1 fully saturated rings. The second-order valence-corrected chi connectivity index (χ2v) is 6.88. The first-order valence-corrected chi connectivity index (χ1v) is 9.66. The van der Waals surface area contributed by atoms with Gasteiger partial charge in [-0.15, -0.1) is 5.10 Å². The average molecular weight is 396 g/mol. The van der Waals surface area contributed by atoms with E-state index in [1.807, 2.05) is 50.2 Å². The number of aryl methyl sites for hydroxylation is 1. The zero-order chi connectivity index (χ0) is 20.4. The maximum Gasteiger partial charge on any atom is 0.277 e. The molecular formula is C21H24N4O4. The fraction of sp³-hybridized carbons (Fsp3) is 0.381. The Morgan fingerprint density at radius 1 is 1.24 bits per heavy atom. The number of rotatable bonds is 5. The van der Waals surface area contributed by atoms with Gasteiger partial charge < -0.3 is 18.8 Å². The van der Waals surface area contributed by atoms with Crippen LogP contribution in [0, 0.1) is 6.92 Å². The van der Waals surface area contributed by atoms with E-state index in [9.17, 15) is 4.79 Å². The molecule has 0 saturated carbocycles. The molecule has 1 amide bonds. The summed E-state index contributed by atoms with van der Waals surface area (Å²) >= 11 is 0. The van der Waals surface area contributed by atoms with Gasteiger partial charge in [0, 0.05) is 13.0 Å². The zero-order valence-corrected chi connectivity index (χ0v) is 16.8. The fourth-order valence-corrected chi connectivity index (χ4v) is 3.48. The molecule has 8 heteroatoms. The maximum absolute atomic E-state index is 13.3. The van der Waals surface area contributed by atoms with Gasteiger partial charge in [0.15, 0.2) is 5.69 Å². The van der Waals surface area contributed by atoms with Gasteiger partial charge in [0.25, 0.3) is 5.91 Å². The number of carbonyl (C=O) groups is 1. The Hall–Kier alpha value is -3.13. The van der Waals surface area contributed by atoms with E-state index in [4.69, 9.17) is 13.9 Å². The lowest BCUT2D eigenvalue weighted by atomic mass is 10.1. The molecule has 0 radical (unpaired) electrons. The molecule has 4 rings (SSSR count). The highest BCUT2D eigenvalue weighted by molar-refractivity contribution is 5.93. The van der Waals surface area contributed by atoms with Crippen LogP contribution in [0.5, 0.6) is 5.75 Å². The van der Waals surface area contributed by atoms with Gasteiger partial charge in [-0.1, -0.05) is 12.1 Å². The number of methoxy groups -OCH3 is 1. The summed E-state index contributed by atoms with van der Waals surface area (Å²) in [7, 11) is 1.62. The molecule has 3 aromatic rings. The molecule has 0 unspecified atom stereocenters. The highest BCUT2D eigenvalue weighted by Gasteiger charge is 2.34. The van der Waals surface area contributed by atoms with Crippen molar-refractivity contribution in [2.45, 2.75) is 26.3 Å². The summed E-state index contributed by atoms with van der Waals surface area (Å²) in [5.74, 6) is 2.20. The number of ether oxygens (including phenoxy) is 2. The van der Waals surface area contributed by atoms with E-state index in [0.717, 1.165) is 29.4 Å². The van der Waals surface area contributed by atoms with E-state index in [1.165, 1.54) is 0 Å². The predicted octanol–water partition coefficient (Wildman–Crippen LogP) is 2.95. The van der Waals surface area contributed by atoms with Crippen molar-refractivity contribution < 1.29 is 18.7 Å². The monoisotopic (exact) mass is 396 g/mol. The molecular weight excluding hydrogens is 372 g/mol. The van der Waals surface area contributed by atoms with Crippen LogP contribution in [0.1, 0.15) is 40.7 Å². The van der Waals surface area contributed by atoms with Crippen LogP contribution in [0.25, 0.3) is 5.69 Å². The lowest BCUT2D eigenvalue weighted by Crippen LogP contribution is -2.43. The largest absolute Gasteiger partial charge is 0.497 e. The minimum absolute atomic E-state index is 0.176. The Labute approximate surface area is 169 Å². The Balaban J connectivity index is 1.61. The van der Waals surface area contributed by atoms with Crippen molar-refractivity contribution in [3.63, 3.8) is 0 Å². The standard InChI is InChI=1S/C21H24N4O4/c1-4-16-9-10-19(29-16)18-13-28-12-11-24(18)21(26)20-14(2)25(23-22-20)15-5-7-17(27-3)8-6-15/h5-10,18H,4,11-13H2,1-3H3/t18-/m0/s1. The van der Waals surface area contributed by atoms with E-state index in [0.29, 0.717) is 31.1 Å². The first-order valence-electron chi connectivity index (χ1n) is 9.66. The van der Waals surface area contributed by atoms with Crippen molar-refractivity contribution in [1.82, 2.24) is 19.9 Å². The number of furan rings is 1. The fourth-order valence-electron chi connectivity index (χ4n) is 3.48. The molecule has 1 saturated heterocycles. The van der Waals surface area contributed by atoms with Crippen LogP contribution in [0.4, 0.5) is 0 Å². The second-order valence-electron chi connectivity index (χ2n) is 6.88. The Bertz CT molecular complexity index is 993. The number of nitrogens with zero attached hydrogens (tertiary/aromatic N) is 4. The van der Waals surface area contributed by atoms with Crippen molar-refractivity contribution in [2.24, 2.45) is 0 Å². The molecule has 1 aliphatic heterocycles. The van der Waals surface area contributed by atoms with Crippen molar-refractivity contribution in [1.29, 1.82) is 0 Å². The predicted molar refractivity (Wildman–Crippen MR) is 105 cm³/mol. The summed E-state index contributed by atoms with van der Waals surface area (Å²) < 4.78 is 18.4. The lowest BCUT2D eigenvalue weighted by Gasteiger charge is -2.34. The van der Waals surface area contributed by atoms with Gasteiger partial charge in [-0.05, 0) is 43.3 Å². The molecule has 0 N–H and O–H groups in total. The number of hydrogen-bond acceptors (Lipinski definition) is 6. The molecule has 1 aliphatic rings. The molecule has 152 valence electrons. The van der Waals surface area contributed by atoms with E-state index < -0.39 is 0 Å². The van der Waals surface area contributed by atoms with E-state index in [1.54, 1.807) is 16.7 Å². The highest BCUT2D eigenvalue weighted by atomic mass is 16.5. The van der Waals surface area contributed by atoms with Crippen molar-refractivity contribution in [2.75, 3.05) is 26.9 Å². The zero-order valence-electron chi connectivity index (χ0n) is 16.8. The van der Waals surface area contributed by atoms with E-state index in [2.05, 4.69) is 10.3 Å². The molecule has 29 heavy (non-hydrogen) atoms. The first kappa shape index (κ1) is 19.2. The average Bonchev–Trinajstić information content (AvgIpc) is 3.40. The van der Waals surface area contributed by atoms with Crippen LogP contribution < -0.4 is 4.74 Å². The van der Waals surface area contributed by atoms with Gasteiger partial charge in [-0.2, -0.15) is 0 Å². The molecule has 1 atom stereocenters. The number of amides is 1. The summed E-state index contributed by atoms with van der Waals surface area (Å²) in [4.78, 5) is 15.1. The molecule has 3 heterocycles. The van der Waals surface area contributed by atoms with Crippen molar-refractivity contribution in [3.05, 3.63) is 59.3 Å². The number of carbonyl (C=O) groups excluding carboxylic acids is 1. The van der Waals surface area contributed by atoms with Crippen LogP contribution >= 0.6 is 0 Å². The van der Waals surface area contributed by atoms with Gasteiger partial charge in [-0.3, -0.25) is 4.79 Å². The summed E-state index contributed by atoms with van der Waals surface area (Å²) in [6.07, 6.45) is 0.802. The molecule has 8 nitrogen and oxygen atoms in total. The Kier molecular flexibility index (Phi) is 5.35. The van der Waals surface area contributed by atoms with Crippen molar-refractivity contribution >= 4 is 5.91 Å². The Morgan fingerprint density at radius 2 is 2.03 bits per heavy atom. The van der Waals surface area contributed by atoms with Gasteiger partial charge in [0.05, 0.1) is 31.7 Å². The third kappa shape index (κ3) is 3.63. The number of hydrogen-bond donors (Lipinski definition) is 0.